The average Bonchev–Trinajstić information content (AvgIpc) is 3.27. The lowest BCUT2D eigenvalue weighted by atomic mass is 10.0. The Bertz CT molecular complexity index is 1180. The van der Waals surface area contributed by atoms with Gasteiger partial charge in [0.15, 0.2) is 0 Å². The van der Waals surface area contributed by atoms with Crippen molar-refractivity contribution in [3.8, 4) is 27.4 Å². The van der Waals surface area contributed by atoms with Gasteiger partial charge in [0.1, 0.15) is 16.6 Å². The molecule has 7 nitrogen and oxygen atoms in total. The van der Waals surface area contributed by atoms with Gasteiger partial charge in [-0.25, -0.2) is 4.98 Å². The van der Waals surface area contributed by atoms with Gasteiger partial charge in [0.25, 0.3) is 5.69 Å². The lowest BCUT2D eigenvalue weighted by molar-refractivity contribution is -0.385. The van der Waals surface area contributed by atoms with E-state index in [1.165, 1.54) is 11.3 Å². The van der Waals surface area contributed by atoms with Gasteiger partial charge in [-0.3, -0.25) is 15.1 Å². The van der Waals surface area contributed by atoms with Crippen LogP contribution in [0, 0.1) is 10.1 Å². The summed E-state index contributed by atoms with van der Waals surface area (Å²) in [5.74, 6) is 1.38. The first-order chi connectivity index (χ1) is 14.6. The highest BCUT2D eigenvalue weighted by Gasteiger charge is 2.16. The van der Waals surface area contributed by atoms with Crippen LogP contribution in [0.5, 0.6) is 5.75 Å². The van der Waals surface area contributed by atoms with Gasteiger partial charge in [0, 0.05) is 41.5 Å². The fourth-order valence-electron chi connectivity index (χ4n) is 3.03. The molecule has 0 saturated carbocycles. The van der Waals surface area contributed by atoms with Crippen LogP contribution in [0.4, 0.5) is 11.5 Å². The minimum atomic E-state index is -0.357. The van der Waals surface area contributed by atoms with E-state index in [4.69, 9.17) is 4.74 Å². The summed E-state index contributed by atoms with van der Waals surface area (Å²) in [5.41, 5.74) is 3.26. The molecule has 0 aliphatic carbocycles. The number of nitrogens with zero attached hydrogens (tertiary/aromatic N) is 3. The number of rotatable bonds is 7. The highest BCUT2D eigenvalue weighted by atomic mass is 32.1. The normalized spacial score (nSPS) is 10.6. The number of hydrogen-bond donors (Lipinski definition) is 1. The van der Waals surface area contributed by atoms with Crippen LogP contribution in [0.15, 0.2) is 72.4 Å². The minimum absolute atomic E-state index is 0.0624. The summed E-state index contributed by atoms with van der Waals surface area (Å²) >= 11 is 1.50. The van der Waals surface area contributed by atoms with Crippen molar-refractivity contribution in [1.82, 2.24) is 9.97 Å². The molecule has 4 rings (SSSR count). The van der Waals surface area contributed by atoms with Gasteiger partial charge in [-0.2, -0.15) is 0 Å². The van der Waals surface area contributed by atoms with E-state index < -0.39 is 0 Å². The number of nitrogens with one attached hydrogen (secondary N) is 1. The Balaban J connectivity index is 1.54. The molecular formula is C22H18N4O3S. The number of anilines is 1. The maximum absolute atomic E-state index is 11.7. The Hall–Kier alpha value is -3.78. The summed E-state index contributed by atoms with van der Waals surface area (Å²) in [6, 6.07) is 16.5. The molecule has 4 aromatic rings. The first kappa shape index (κ1) is 19.5. The number of nitro benzene ring substituents is 1. The molecule has 30 heavy (non-hydrogen) atoms. The first-order valence-corrected chi connectivity index (χ1v) is 10.0. The first-order valence-electron chi connectivity index (χ1n) is 9.15. The SMILES string of the molecule is COc1cccc(-c2ccc(CNc3csc(-c4ccncc4)n3)c([N+](=O)[O-])c2)c1. The lowest BCUT2D eigenvalue weighted by Gasteiger charge is -2.08. The second kappa shape index (κ2) is 8.71. The molecule has 8 heteroatoms. The second-order valence-corrected chi connectivity index (χ2v) is 7.32. The molecule has 0 aliphatic rings. The molecule has 0 radical (unpaired) electrons. The molecule has 0 atom stereocenters. The third-order valence-corrected chi connectivity index (χ3v) is 5.47. The van der Waals surface area contributed by atoms with Gasteiger partial charge in [0.2, 0.25) is 0 Å². The highest BCUT2D eigenvalue weighted by Crippen LogP contribution is 2.30. The van der Waals surface area contributed by atoms with E-state index in [0.29, 0.717) is 23.7 Å². The number of thiazole rings is 1. The summed E-state index contributed by atoms with van der Waals surface area (Å²) in [6.45, 7) is 0.300. The fourth-order valence-corrected chi connectivity index (χ4v) is 3.82. The molecule has 150 valence electrons. The lowest BCUT2D eigenvalue weighted by Crippen LogP contribution is -2.03. The number of hydrogen-bond acceptors (Lipinski definition) is 7. The zero-order valence-electron chi connectivity index (χ0n) is 16.1. The number of aromatic nitrogens is 2. The number of methoxy groups -OCH3 is 1. The van der Waals surface area contributed by atoms with Crippen LogP contribution in [-0.4, -0.2) is 22.0 Å². The molecule has 2 aromatic heterocycles. The molecular weight excluding hydrogens is 400 g/mol. The van der Waals surface area contributed by atoms with Crippen LogP contribution < -0.4 is 10.1 Å². The van der Waals surface area contributed by atoms with Gasteiger partial charge in [-0.05, 0) is 41.5 Å². The number of nitro groups is 1. The Morgan fingerprint density at radius 3 is 2.63 bits per heavy atom. The van der Waals surface area contributed by atoms with Crippen molar-refractivity contribution in [3.63, 3.8) is 0 Å². The quantitative estimate of drug-likeness (QED) is 0.319. The predicted octanol–water partition coefficient (Wildman–Crippen LogP) is 5.40. The molecule has 2 heterocycles. The molecule has 0 spiro atoms. The van der Waals surface area contributed by atoms with Crippen molar-refractivity contribution < 1.29 is 9.66 Å². The Kier molecular flexibility index (Phi) is 5.67. The van der Waals surface area contributed by atoms with Gasteiger partial charge in [-0.1, -0.05) is 18.2 Å². The molecule has 0 saturated heterocycles. The summed E-state index contributed by atoms with van der Waals surface area (Å²) in [7, 11) is 1.59. The zero-order valence-corrected chi connectivity index (χ0v) is 16.9. The van der Waals surface area contributed by atoms with Crippen LogP contribution in [0.1, 0.15) is 5.56 Å². The second-order valence-electron chi connectivity index (χ2n) is 6.46. The van der Waals surface area contributed by atoms with Crippen molar-refractivity contribution in [1.29, 1.82) is 0 Å². The topological polar surface area (TPSA) is 90.2 Å². The van der Waals surface area contributed by atoms with Crippen molar-refractivity contribution in [2.24, 2.45) is 0 Å². The average molecular weight is 418 g/mol. The van der Waals surface area contributed by atoms with E-state index >= 15 is 0 Å². The predicted molar refractivity (Wildman–Crippen MR) is 118 cm³/mol. The van der Waals surface area contributed by atoms with Crippen molar-refractivity contribution in [2.45, 2.75) is 6.54 Å². The summed E-state index contributed by atoms with van der Waals surface area (Å²) in [6.07, 6.45) is 3.44. The number of ether oxygens (including phenoxy) is 1. The van der Waals surface area contributed by atoms with E-state index in [0.717, 1.165) is 21.7 Å². The third-order valence-electron chi connectivity index (χ3n) is 4.58. The minimum Gasteiger partial charge on any atom is -0.497 e. The maximum Gasteiger partial charge on any atom is 0.274 e. The van der Waals surface area contributed by atoms with Gasteiger partial charge >= 0.3 is 0 Å². The van der Waals surface area contributed by atoms with Crippen molar-refractivity contribution >= 4 is 22.8 Å². The van der Waals surface area contributed by atoms with E-state index in [1.807, 2.05) is 47.8 Å². The molecule has 0 aliphatic heterocycles. The Morgan fingerprint density at radius 2 is 1.87 bits per heavy atom. The monoisotopic (exact) mass is 418 g/mol. The van der Waals surface area contributed by atoms with Gasteiger partial charge in [-0.15, -0.1) is 11.3 Å². The van der Waals surface area contributed by atoms with E-state index in [2.05, 4.69) is 15.3 Å². The maximum atomic E-state index is 11.7. The summed E-state index contributed by atoms with van der Waals surface area (Å²) in [4.78, 5) is 19.9. The molecule has 0 bridgehead atoms. The largest absolute Gasteiger partial charge is 0.497 e. The van der Waals surface area contributed by atoms with Crippen LogP contribution in [-0.2, 0) is 6.54 Å². The van der Waals surface area contributed by atoms with Crippen LogP contribution in [0.25, 0.3) is 21.7 Å². The van der Waals surface area contributed by atoms with E-state index in [-0.39, 0.29) is 10.6 Å². The summed E-state index contributed by atoms with van der Waals surface area (Å²) < 4.78 is 5.25. The fraction of sp³-hybridized carbons (Fsp3) is 0.0909. The zero-order chi connectivity index (χ0) is 20.9. The molecule has 2 aromatic carbocycles. The standard InChI is InChI=1S/C22H18N4O3S/c1-29-19-4-2-3-16(11-19)17-5-6-18(20(12-17)26(27)28)13-24-21-14-30-22(25-21)15-7-9-23-10-8-15/h2-12,14,24H,13H2,1H3. The number of pyridine rings is 1. The van der Waals surface area contributed by atoms with Crippen molar-refractivity contribution in [2.75, 3.05) is 12.4 Å². The van der Waals surface area contributed by atoms with Crippen LogP contribution in [0.2, 0.25) is 0 Å². The van der Waals surface area contributed by atoms with E-state index in [9.17, 15) is 10.1 Å². The Morgan fingerprint density at radius 1 is 1.07 bits per heavy atom. The van der Waals surface area contributed by atoms with Crippen LogP contribution >= 0.6 is 11.3 Å². The molecule has 1 N–H and O–H groups in total. The summed E-state index contributed by atoms with van der Waals surface area (Å²) in [5, 5.41) is 17.6. The highest BCUT2D eigenvalue weighted by molar-refractivity contribution is 7.13. The smallest absolute Gasteiger partial charge is 0.274 e. The van der Waals surface area contributed by atoms with Crippen LogP contribution in [0.3, 0.4) is 0 Å². The van der Waals surface area contributed by atoms with E-state index in [1.54, 1.807) is 31.6 Å². The molecule has 0 fully saturated rings. The van der Waals surface area contributed by atoms with Crippen molar-refractivity contribution in [3.05, 3.63) is 88.0 Å². The van der Waals surface area contributed by atoms with Gasteiger partial charge < -0.3 is 10.1 Å². The molecule has 0 amide bonds. The third kappa shape index (κ3) is 4.28. The van der Waals surface area contributed by atoms with Gasteiger partial charge in [0.05, 0.1) is 12.0 Å². The number of benzene rings is 2. The Labute approximate surface area is 177 Å². The molecule has 0 unspecified atom stereocenters.